The second kappa shape index (κ2) is 6.68. The maximum atomic E-state index is 5.91. The molecule has 1 aromatic heterocycles. The van der Waals surface area contributed by atoms with Gasteiger partial charge in [-0.05, 0) is 18.6 Å². The SMILES string of the molecule is c1cnc2c(OCCCN3CCNCC3)cccc2c1. The number of nitrogens with zero attached hydrogens (tertiary/aromatic N) is 2. The fourth-order valence-electron chi connectivity index (χ4n) is 2.60. The van der Waals surface area contributed by atoms with E-state index in [4.69, 9.17) is 4.74 Å². The molecule has 1 fully saturated rings. The molecule has 0 amide bonds. The summed E-state index contributed by atoms with van der Waals surface area (Å²) in [6, 6.07) is 10.1. The zero-order valence-corrected chi connectivity index (χ0v) is 11.7. The van der Waals surface area contributed by atoms with Gasteiger partial charge in [0.1, 0.15) is 11.3 Å². The molecule has 0 bridgehead atoms. The lowest BCUT2D eigenvalue weighted by atomic mass is 10.2. The van der Waals surface area contributed by atoms with Crippen molar-refractivity contribution in [1.82, 2.24) is 15.2 Å². The van der Waals surface area contributed by atoms with Crippen LogP contribution in [0.5, 0.6) is 5.75 Å². The summed E-state index contributed by atoms with van der Waals surface area (Å²) >= 11 is 0. The molecule has 0 aliphatic carbocycles. The molecule has 4 heteroatoms. The van der Waals surface area contributed by atoms with Gasteiger partial charge in [0.2, 0.25) is 0 Å². The fraction of sp³-hybridized carbons (Fsp3) is 0.438. The van der Waals surface area contributed by atoms with Crippen molar-refractivity contribution < 1.29 is 4.74 Å². The normalized spacial score (nSPS) is 16.4. The van der Waals surface area contributed by atoms with Crippen molar-refractivity contribution in [3.8, 4) is 5.75 Å². The molecule has 0 atom stereocenters. The first-order valence-electron chi connectivity index (χ1n) is 7.33. The molecule has 20 heavy (non-hydrogen) atoms. The van der Waals surface area contributed by atoms with E-state index in [1.807, 2.05) is 24.4 Å². The van der Waals surface area contributed by atoms with Crippen LogP contribution in [0.2, 0.25) is 0 Å². The summed E-state index contributed by atoms with van der Waals surface area (Å²) in [6.07, 6.45) is 2.87. The molecule has 0 unspecified atom stereocenters. The van der Waals surface area contributed by atoms with Gasteiger partial charge in [-0.1, -0.05) is 18.2 Å². The third-order valence-corrected chi connectivity index (χ3v) is 3.68. The van der Waals surface area contributed by atoms with Crippen molar-refractivity contribution >= 4 is 10.9 Å². The second-order valence-corrected chi connectivity index (χ2v) is 5.12. The summed E-state index contributed by atoms with van der Waals surface area (Å²) in [5.41, 5.74) is 0.956. The summed E-state index contributed by atoms with van der Waals surface area (Å²) in [4.78, 5) is 6.89. The minimum atomic E-state index is 0.750. The molecule has 2 heterocycles. The lowest BCUT2D eigenvalue weighted by Crippen LogP contribution is -2.43. The first-order valence-corrected chi connectivity index (χ1v) is 7.33. The third-order valence-electron chi connectivity index (χ3n) is 3.68. The largest absolute Gasteiger partial charge is 0.491 e. The molecule has 0 radical (unpaired) electrons. The molecule has 4 nitrogen and oxygen atoms in total. The summed E-state index contributed by atoms with van der Waals surface area (Å²) in [5.74, 6) is 0.892. The Morgan fingerprint density at radius 2 is 2.00 bits per heavy atom. The predicted octanol–water partition coefficient (Wildman–Crippen LogP) is 1.91. The molecule has 1 aliphatic rings. The molecule has 0 spiro atoms. The molecule has 2 aromatic rings. The van der Waals surface area contributed by atoms with Crippen LogP contribution in [0.4, 0.5) is 0 Å². The molecule has 3 rings (SSSR count). The Kier molecular flexibility index (Phi) is 4.46. The number of rotatable bonds is 5. The first kappa shape index (κ1) is 13.3. The number of fused-ring (bicyclic) bond motifs is 1. The van der Waals surface area contributed by atoms with Gasteiger partial charge in [-0.2, -0.15) is 0 Å². The van der Waals surface area contributed by atoms with Crippen molar-refractivity contribution in [3.63, 3.8) is 0 Å². The molecular weight excluding hydrogens is 250 g/mol. The molecule has 1 N–H and O–H groups in total. The Labute approximate surface area is 119 Å². The molecule has 1 aliphatic heterocycles. The van der Waals surface area contributed by atoms with Crippen LogP contribution in [0.25, 0.3) is 10.9 Å². The van der Waals surface area contributed by atoms with E-state index in [0.29, 0.717) is 0 Å². The predicted molar refractivity (Wildman–Crippen MR) is 81.2 cm³/mol. The maximum absolute atomic E-state index is 5.91. The van der Waals surface area contributed by atoms with Crippen molar-refractivity contribution in [1.29, 1.82) is 0 Å². The van der Waals surface area contributed by atoms with E-state index in [-0.39, 0.29) is 0 Å². The number of para-hydroxylation sites is 1. The molecule has 1 aromatic carbocycles. The topological polar surface area (TPSA) is 37.4 Å². The number of hydrogen-bond donors (Lipinski definition) is 1. The van der Waals surface area contributed by atoms with Crippen LogP contribution >= 0.6 is 0 Å². The van der Waals surface area contributed by atoms with Crippen LogP contribution in [-0.2, 0) is 0 Å². The summed E-state index contributed by atoms with van der Waals surface area (Å²) < 4.78 is 5.91. The number of piperazine rings is 1. The lowest BCUT2D eigenvalue weighted by Gasteiger charge is -2.26. The summed E-state index contributed by atoms with van der Waals surface area (Å²) in [7, 11) is 0. The average Bonchev–Trinajstić information content (AvgIpc) is 2.53. The lowest BCUT2D eigenvalue weighted by molar-refractivity contribution is 0.214. The standard InChI is InChI=1S/C16H21N3O/c1-4-14-5-2-7-18-16(14)15(6-1)20-13-3-10-19-11-8-17-9-12-19/h1-2,4-7,17H,3,8-13H2. The van der Waals surface area contributed by atoms with E-state index >= 15 is 0 Å². The highest BCUT2D eigenvalue weighted by molar-refractivity contribution is 5.84. The van der Waals surface area contributed by atoms with E-state index < -0.39 is 0 Å². The second-order valence-electron chi connectivity index (χ2n) is 5.12. The van der Waals surface area contributed by atoms with Crippen molar-refractivity contribution in [3.05, 3.63) is 36.5 Å². The van der Waals surface area contributed by atoms with Gasteiger partial charge in [-0.25, -0.2) is 0 Å². The zero-order valence-electron chi connectivity index (χ0n) is 11.7. The van der Waals surface area contributed by atoms with Gasteiger partial charge in [-0.15, -0.1) is 0 Å². The Balaban J connectivity index is 1.52. The number of pyridine rings is 1. The van der Waals surface area contributed by atoms with Crippen molar-refractivity contribution in [2.45, 2.75) is 6.42 Å². The van der Waals surface area contributed by atoms with Crippen LogP contribution in [0, 0.1) is 0 Å². The van der Waals surface area contributed by atoms with E-state index in [9.17, 15) is 0 Å². The van der Waals surface area contributed by atoms with Gasteiger partial charge < -0.3 is 15.0 Å². The number of benzene rings is 1. The highest BCUT2D eigenvalue weighted by Gasteiger charge is 2.08. The van der Waals surface area contributed by atoms with Gasteiger partial charge in [-0.3, -0.25) is 4.98 Å². The van der Waals surface area contributed by atoms with E-state index in [1.54, 1.807) is 0 Å². The van der Waals surface area contributed by atoms with Crippen LogP contribution in [0.1, 0.15) is 6.42 Å². The third kappa shape index (κ3) is 3.26. The van der Waals surface area contributed by atoms with Crippen LogP contribution in [0.15, 0.2) is 36.5 Å². The van der Waals surface area contributed by atoms with Gasteiger partial charge in [0, 0.05) is 44.3 Å². The quantitative estimate of drug-likeness (QED) is 0.843. The van der Waals surface area contributed by atoms with E-state index in [2.05, 4.69) is 27.3 Å². The Morgan fingerprint density at radius 3 is 2.90 bits per heavy atom. The van der Waals surface area contributed by atoms with Crippen LogP contribution in [-0.4, -0.2) is 49.2 Å². The number of aromatic nitrogens is 1. The van der Waals surface area contributed by atoms with Crippen molar-refractivity contribution in [2.75, 3.05) is 39.3 Å². The van der Waals surface area contributed by atoms with Gasteiger partial charge in [0.15, 0.2) is 0 Å². The minimum Gasteiger partial charge on any atom is -0.491 e. The van der Waals surface area contributed by atoms with Crippen LogP contribution < -0.4 is 10.1 Å². The highest BCUT2D eigenvalue weighted by Crippen LogP contribution is 2.22. The monoisotopic (exact) mass is 271 g/mol. The Morgan fingerprint density at radius 1 is 1.15 bits per heavy atom. The van der Waals surface area contributed by atoms with Gasteiger partial charge in [0.25, 0.3) is 0 Å². The molecular formula is C16H21N3O. The summed E-state index contributed by atoms with van der Waals surface area (Å²) in [5, 5.41) is 4.50. The number of ether oxygens (including phenoxy) is 1. The molecule has 106 valence electrons. The van der Waals surface area contributed by atoms with E-state index in [1.165, 1.54) is 0 Å². The van der Waals surface area contributed by atoms with Crippen LogP contribution in [0.3, 0.4) is 0 Å². The Bertz CT molecular complexity index is 547. The number of hydrogen-bond acceptors (Lipinski definition) is 4. The first-order chi connectivity index (χ1) is 9.93. The van der Waals surface area contributed by atoms with E-state index in [0.717, 1.165) is 62.4 Å². The average molecular weight is 271 g/mol. The van der Waals surface area contributed by atoms with Crippen molar-refractivity contribution in [2.24, 2.45) is 0 Å². The minimum absolute atomic E-state index is 0.750. The highest BCUT2D eigenvalue weighted by atomic mass is 16.5. The molecule has 0 saturated carbocycles. The fourth-order valence-corrected chi connectivity index (χ4v) is 2.60. The smallest absolute Gasteiger partial charge is 0.145 e. The van der Waals surface area contributed by atoms with Gasteiger partial charge >= 0.3 is 0 Å². The number of nitrogens with one attached hydrogen (secondary N) is 1. The molecule has 1 saturated heterocycles. The maximum Gasteiger partial charge on any atom is 0.145 e. The zero-order chi connectivity index (χ0) is 13.6. The summed E-state index contributed by atoms with van der Waals surface area (Å²) in [6.45, 7) is 6.37. The Hall–Kier alpha value is -1.65. The van der Waals surface area contributed by atoms with Gasteiger partial charge in [0.05, 0.1) is 6.61 Å².